The third-order valence-electron chi connectivity index (χ3n) is 4.09. The van der Waals surface area contributed by atoms with Crippen molar-refractivity contribution in [2.45, 2.75) is 13.0 Å². The summed E-state index contributed by atoms with van der Waals surface area (Å²) >= 11 is 6.19. The maximum absolute atomic E-state index is 12.9. The summed E-state index contributed by atoms with van der Waals surface area (Å²) in [6, 6.07) is 10.6. The smallest absolute Gasteiger partial charge is 0.186 e. The summed E-state index contributed by atoms with van der Waals surface area (Å²) in [7, 11) is 3.09. The highest BCUT2D eigenvalue weighted by Crippen LogP contribution is 2.36. The van der Waals surface area contributed by atoms with Gasteiger partial charge < -0.3 is 19.8 Å². The summed E-state index contributed by atoms with van der Waals surface area (Å²) in [5, 5.41) is 4.52. The van der Waals surface area contributed by atoms with Crippen LogP contribution >= 0.6 is 11.6 Å². The number of para-hydroxylation sites is 1. The molecular weight excluding hydrogens is 340 g/mol. The fourth-order valence-electron chi connectivity index (χ4n) is 2.78. The fraction of sp³-hybridized carbons (Fsp3) is 0.211. The molecule has 0 aliphatic rings. The number of benzene rings is 2. The first-order valence-electron chi connectivity index (χ1n) is 7.83. The van der Waals surface area contributed by atoms with Gasteiger partial charge in [0.25, 0.3) is 0 Å². The number of ketones is 1. The Labute approximate surface area is 150 Å². The molecule has 2 aromatic carbocycles. The molecule has 1 atom stereocenters. The molecule has 0 aliphatic carbocycles. The molecule has 2 N–H and O–H groups in total. The van der Waals surface area contributed by atoms with E-state index in [1.165, 1.54) is 7.11 Å². The molecular formula is C19H19ClN2O3. The van der Waals surface area contributed by atoms with E-state index in [1.807, 2.05) is 31.2 Å². The third kappa shape index (κ3) is 3.28. The van der Waals surface area contributed by atoms with Crippen molar-refractivity contribution in [2.24, 2.45) is 0 Å². The molecule has 6 heteroatoms. The lowest BCUT2D eigenvalue weighted by Gasteiger charge is -2.18. The van der Waals surface area contributed by atoms with Crippen LogP contribution in [0.25, 0.3) is 10.9 Å². The van der Waals surface area contributed by atoms with Crippen molar-refractivity contribution in [3.63, 3.8) is 0 Å². The van der Waals surface area contributed by atoms with E-state index in [9.17, 15) is 4.79 Å². The molecule has 0 saturated carbocycles. The van der Waals surface area contributed by atoms with Crippen molar-refractivity contribution in [3.05, 3.63) is 53.2 Å². The average Bonchev–Trinajstić information content (AvgIpc) is 3.05. The van der Waals surface area contributed by atoms with Gasteiger partial charge in [0, 0.05) is 28.7 Å². The van der Waals surface area contributed by atoms with Gasteiger partial charge in [-0.15, -0.1) is 0 Å². The molecule has 0 saturated heterocycles. The Morgan fingerprint density at radius 2 is 1.88 bits per heavy atom. The number of hydrogen-bond acceptors (Lipinski definition) is 4. The molecule has 0 aliphatic heterocycles. The summed E-state index contributed by atoms with van der Waals surface area (Å²) in [5.74, 6) is 1.05. The summed E-state index contributed by atoms with van der Waals surface area (Å²) < 4.78 is 10.6. The van der Waals surface area contributed by atoms with E-state index in [4.69, 9.17) is 21.1 Å². The fourth-order valence-corrected chi connectivity index (χ4v) is 3.02. The maximum atomic E-state index is 12.9. The van der Waals surface area contributed by atoms with Crippen LogP contribution in [0.2, 0.25) is 5.02 Å². The highest BCUT2D eigenvalue weighted by molar-refractivity contribution is 6.32. The molecule has 0 radical (unpaired) electrons. The Kier molecular flexibility index (Phi) is 4.86. The molecule has 3 rings (SSSR count). The Bertz CT molecular complexity index is 920. The van der Waals surface area contributed by atoms with Gasteiger partial charge in [0.05, 0.1) is 31.0 Å². The second kappa shape index (κ2) is 7.07. The Hall–Kier alpha value is -2.66. The van der Waals surface area contributed by atoms with E-state index in [0.29, 0.717) is 27.8 Å². The van der Waals surface area contributed by atoms with Crippen molar-refractivity contribution < 1.29 is 14.3 Å². The number of fused-ring (bicyclic) bond motifs is 1. The molecule has 25 heavy (non-hydrogen) atoms. The minimum atomic E-state index is -0.461. The lowest BCUT2D eigenvalue weighted by atomic mass is 10.0. The van der Waals surface area contributed by atoms with Crippen molar-refractivity contribution in [2.75, 3.05) is 19.5 Å². The SMILES string of the molecule is COc1cc(OC)c(N[C@H](C)C(=O)c2c[nH]c3ccccc23)cc1Cl. The monoisotopic (exact) mass is 358 g/mol. The van der Waals surface area contributed by atoms with Gasteiger partial charge >= 0.3 is 0 Å². The second-order valence-electron chi connectivity index (χ2n) is 5.67. The molecule has 5 nitrogen and oxygen atoms in total. The van der Waals surface area contributed by atoms with Crippen LogP contribution < -0.4 is 14.8 Å². The minimum Gasteiger partial charge on any atom is -0.495 e. The van der Waals surface area contributed by atoms with Crippen molar-refractivity contribution >= 4 is 34.0 Å². The van der Waals surface area contributed by atoms with Gasteiger partial charge in [0.2, 0.25) is 0 Å². The zero-order chi connectivity index (χ0) is 18.0. The van der Waals surface area contributed by atoms with Crippen LogP contribution in [-0.4, -0.2) is 31.0 Å². The van der Waals surface area contributed by atoms with Gasteiger partial charge in [-0.2, -0.15) is 0 Å². The molecule has 1 heterocycles. The number of anilines is 1. The summed E-state index contributed by atoms with van der Waals surface area (Å²) in [5.41, 5.74) is 2.21. The summed E-state index contributed by atoms with van der Waals surface area (Å²) in [6.45, 7) is 1.81. The largest absolute Gasteiger partial charge is 0.495 e. The van der Waals surface area contributed by atoms with Gasteiger partial charge in [0.1, 0.15) is 11.5 Å². The summed E-state index contributed by atoms with van der Waals surface area (Å²) in [6.07, 6.45) is 1.74. The topological polar surface area (TPSA) is 63.4 Å². The predicted octanol–water partition coefficient (Wildman–Crippen LogP) is 4.52. The van der Waals surface area contributed by atoms with E-state index in [-0.39, 0.29) is 5.78 Å². The molecule has 0 unspecified atom stereocenters. The highest BCUT2D eigenvalue weighted by atomic mass is 35.5. The third-order valence-corrected chi connectivity index (χ3v) is 4.39. The highest BCUT2D eigenvalue weighted by Gasteiger charge is 2.20. The molecule has 0 fully saturated rings. The Balaban J connectivity index is 1.88. The zero-order valence-corrected chi connectivity index (χ0v) is 15.0. The van der Waals surface area contributed by atoms with Gasteiger partial charge in [-0.3, -0.25) is 4.79 Å². The van der Waals surface area contributed by atoms with Crippen LogP contribution in [0.3, 0.4) is 0 Å². The first-order valence-corrected chi connectivity index (χ1v) is 8.21. The van der Waals surface area contributed by atoms with Crippen LogP contribution in [0.1, 0.15) is 17.3 Å². The van der Waals surface area contributed by atoms with Crippen LogP contribution in [0.5, 0.6) is 11.5 Å². The van der Waals surface area contributed by atoms with Crippen molar-refractivity contribution in [3.8, 4) is 11.5 Å². The molecule has 1 aromatic heterocycles. The predicted molar refractivity (Wildman–Crippen MR) is 100 cm³/mol. The molecule has 0 spiro atoms. The lowest BCUT2D eigenvalue weighted by molar-refractivity contribution is 0.0977. The number of H-pyrrole nitrogens is 1. The van der Waals surface area contributed by atoms with Gasteiger partial charge in [-0.25, -0.2) is 0 Å². The number of hydrogen-bond donors (Lipinski definition) is 2. The number of halogens is 1. The number of carbonyl (C=O) groups is 1. The van der Waals surface area contributed by atoms with Crippen LogP contribution in [0.4, 0.5) is 5.69 Å². The van der Waals surface area contributed by atoms with Crippen LogP contribution in [0, 0.1) is 0 Å². The standard InChI is InChI=1S/C19H19ClN2O3/c1-11(19(23)13-10-21-15-7-5-4-6-12(13)15)22-16-8-14(20)17(24-2)9-18(16)25-3/h4-11,21-22H,1-3H3/t11-/m1/s1. The minimum absolute atomic E-state index is 0.0218. The van der Waals surface area contributed by atoms with E-state index < -0.39 is 6.04 Å². The Morgan fingerprint density at radius 3 is 2.60 bits per heavy atom. The average molecular weight is 359 g/mol. The number of Topliss-reactive ketones (excluding diaryl/α,β-unsaturated/α-hetero) is 1. The van der Waals surface area contributed by atoms with E-state index in [2.05, 4.69) is 10.3 Å². The maximum Gasteiger partial charge on any atom is 0.186 e. The number of methoxy groups -OCH3 is 2. The van der Waals surface area contributed by atoms with E-state index >= 15 is 0 Å². The number of nitrogens with one attached hydrogen (secondary N) is 2. The van der Waals surface area contributed by atoms with Crippen LogP contribution in [-0.2, 0) is 0 Å². The number of aromatic amines is 1. The van der Waals surface area contributed by atoms with Gasteiger partial charge in [0.15, 0.2) is 5.78 Å². The number of rotatable bonds is 6. The van der Waals surface area contributed by atoms with Gasteiger partial charge in [-0.1, -0.05) is 29.8 Å². The Morgan fingerprint density at radius 1 is 1.16 bits per heavy atom. The first kappa shape index (κ1) is 17.2. The quantitative estimate of drug-likeness (QED) is 0.636. The van der Waals surface area contributed by atoms with Crippen LogP contribution in [0.15, 0.2) is 42.6 Å². The first-order chi connectivity index (χ1) is 12.0. The normalized spacial score (nSPS) is 12.0. The van der Waals surface area contributed by atoms with Crippen molar-refractivity contribution in [1.29, 1.82) is 0 Å². The molecule has 130 valence electrons. The van der Waals surface area contributed by atoms with E-state index in [1.54, 1.807) is 25.4 Å². The molecule has 3 aromatic rings. The number of ether oxygens (including phenoxy) is 2. The lowest BCUT2D eigenvalue weighted by Crippen LogP contribution is -2.26. The number of carbonyl (C=O) groups excluding carboxylic acids is 1. The summed E-state index contributed by atoms with van der Waals surface area (Å²) in [4.78, 5) is 16.0. The second-order valence-corrected chi connectivity index (χ2v) is 6.07. The molecule has 0 amide bonds. The number of aromatic nitrogens is 1. The molecule has 0 bridgehead atoms. The zero-order valence-electron chi connectivity index (χ0n) is 14.2. The van der Waals surface area contributed by atoms with E-state index in [0.717, 1.165) is 10.9 Å². The van der Waals surface area contributed by atoms with Gasteiger partial charge in [-0.05, 0) is 19.1 Å². The van der Waals surface area contributed by atoms with Crippen molar-refractivity contribution in [1.82, 2.24) is 4.98 Å².